The van der Waals surface area contributed by atoms with Crippen LogP contribution in [0.25, 0.3) is 17.1 Å². The van der Waals surface area contributed by atoms with E-state index in [1.54, 1.807) is 12.1 Å². The van der Waals surface area contributed by atoms with Gasteiger partial charge in [-0.15, -0.1) is 10.2 Å². The first kappa shape index (κ1) is 20.6. The summed E-state index contributed by atoms with van der Waals surface area (Å²) in [5, 5.41) is 18.9. The van der Waals surface area contributed by atoms with Crippen LogP contribution in [0.1, 0.15) is 12.5 Å². The molecule has 3 rings (SSSR count). The highest BCUT2D eigenvalue weighted by Crippen LogP contribution is 2.29. The Morgan fingerprint density at radius 2 is 1.83 bits per heavy atom. The highest BCUT2D eigenvalue weighted by atomic mass is 35.5. The Morgan fingerprint density at radius 1 is 1.17 bits per heavy atom. The topological polar surface area (TPSA) is 97.6 Å². The number of nitrogens with zero attached hydrogens (tertiary/aromatic N) is 4. The number of hydrogen-bond donors (Lipinski definition) is 1. The fourth-order valence-corrected chi connectivity index (χ4v) is 3.60. The van der Waals surface area contributed by atoms with Crippen LogP contribution in [0.3, 0.4) is 0 Å². The van der Waals surface area contributed by atoms with Crippen molar-refractivity contribution in [2.45, 2.75) is 19.0 Å². The van der Waals surface area contributed by atoms with Crippen molar-refractivity contribution in [3.05, 3.63) is 70.4 Å². The summed E-state index contributed by atoms with van der Waals surface area (Å²) in [7, 11) is 0. The predicted octanol–water partition coefficient (Wildman–Crippen LogP) is 4.31. The first-order valence-corrected chi connectivity index (χ1v) is 10.1. The van der Waals surface area contributed by atoms with E-state index in [0.717, 1.165) is 16.8 Å². The normalized spacial score (nSPS) is 11.7. The van der Waals surface area contributed by atoms with Crippen molar-refractivity contribution in [3.63, 3.8) is 0 Å². The van der Waals surface area contributed by atoms with Gasteiger partial charge in [0.1, 0.15) is 11.6 Å². The predicted molar refractivity (Wildman–Crippen MR) is 115 cm³/mol. The van der Waals surface area contributed by atoms with Gasteiger partial charge in [-0.05, 0) is 38.1 Å². The summed E-state index contributed by atoms with van der Waals surface area (Å²) in [6.07, 6.45) is 0. The van der Waals surface area contributed by atoms with E-state index < -0.39 is 0 Å². The van der Waals surface area contributed by atoms with E-state index in [-0.39, 0.29) is 22.8 Å². The second-order valence-corrected chi connectivity index (χ2v) is 7.74. The fraction of sp³-hybridized carbons (Fsp3) is 0.143. The Kier molecular flexibility index (Phi) is 6.37. The quantitative estimate of drug-likeness (QED) is 0.360. The summed E-state index contributed by atoms with van der Waals surface area (Å²) in [5.74, 6) is 0.324. The number of nitriles is 1. The molecule has 29 heavy (non-hydrogen) atoms. The van der Waals surface area contributed by atoms with E-state index in [9.17, 15) is 4.79 Å². The number of hydrogen-bond acceptors (Lipinski definition) is 6. The Balaban J connectivity index is 2.00. The molecular weight excluding hydrogens is 406 g/mol. The van der Waals surface area contributed by atoms with Crippen molar-refractivity contribution in [2.75, 3.05) is 5.75 Å². The van der Waals surface area contributed by atoms with Crippen molar-refractivity contribution >= 4 is 29.1 Å². The molecule has 0 saturated carbocycles. The Morgan fingerprint density at radius 3 is 2.41 bits per heavy atom. The van der Waals surface area contributed by atoms with Gasteiger partial charge in [0.2, 0.25) is 0 Å². The van der Waals surface area contributed by atoms with E-state index in [0.29, 0.717) is 16.0 Å². The van der Waals surface area contributed by atoms with Gasteiger partial charge in [0.15, 0.2) is 16.8 Å². The molecule has 8 heteroatoms. The molecule has 0 aliphatic carbocycles. The lowest BCUT2D eigenvalue weighted by molar-refractivity contribution is -0.112. The number of carbonyl (C=O) groups excluding carboxylic acids is 1. The zero-order valence-corrected chi connectivity index (χ0v) is 17.5. The molecule has 0 unspecified atom stereocenters. The van der Waals surface area contributed by atoms with Crippen LogP contribution in [0, 0.1) is 18.3 Å². The molecule has 2 aromatic carbocycles. The van der Waals surface area contributed by atoms with E-state index in [4.69, 9.17) is 22.6 Å². The minimum atomic E-state index is -0.347. The molecule has 0 amide bonds. The minimum Gasteiger partial charge on any atom is -0.401 e. The van der Waals surface area contributed by atoms with Crippen LogP contribution in [0.2, 0.25) is 5.02 Å². The summed E-state index contributed by atoms with van der Waals surface area (Å²) >= 11 is 7.23. The molecule has 0 saturated heterocycles. The Bertz CT molecular complexity index is 1110. The Hall–Kier alpha value is -3.08. The molecule has 1 aromatic heterocycles. The van der Waals surface area contributed by atoms with Crippen LogP contribution in [0.4, 0.5) is 0 Å². The minimum absolute atomic E-state index is 0.0249. The maximum Gasteiger partial charge on any atom is 0.196 e. The van der Waals surface area contributed by atoms with E-state index in [2.05, 4.69) is 10.2 Å². The molecule has 0 fully saturated rings. The van der Waals surface area contributed by atoms with Gasteiger partial charge in [0.05, 0.1) is 5.75 Å². The fourth-order valence-electron chi connectivity index (χ4n) is 2.65. The van der Waals surface area contributed by atoms with Crippen molar-refractivity contribution in [1.82, 2.24) is 14.8 Å². The first-order chi connectivity index (χ1) is 13.9. The van der Waals surface area contributed by atoms with E-state index in [1.165, 1.54) is 18.7 Å². The lowest BCUT2D eigenvalue weighted by Gasteiger charge is -2.10. The van der Waals surface area contributed by atoms with Gasteiger partial charge >= 0.3 is 0 Å². The molecule has 0 bridgehead atoms. The van der Waals surface area contributed by atoms with Gasteiger partial charge < -0.3 is 5.73 Å². The lowest BCUT2D eigenvalue weighted by Crippen LogP contribution is -2.11. The number of Topliss-reactive ketones (excluding diaryl/α,β-unsaturated/α-hetero) is 1. The average Bonchev–Trinajstić information content (AvgIpc) is 3.11. The number of benzene rings is 2. The standard InChI is InChI=1S/C21H18ClN5OS/c1-13-3-5-15(6-4-13)20-25-26-21(27(20)17-9-7-16(22)8-10-17)29-12-19(28)18(11-23)14(2)24/h3-10H,12,24H2,1-2H3/b18-14+. The smallest absolute Gasteiger partial charge is 0.196 e. The van der Waals surface area contributed by atoms with Crippen LogP contribution >= 0.6 is 23.4 Å². The molecule has 1 heterocycles. The molecule has 146 valence electrons. The number of thioether (sulfide) groups is 1. The molecule has 2 N–H and O–H groups in total. The van der Waals surface area contributed by atoms with Crippen LogP contribution in [0.5, 0.6) is 0 Å². The SMILES string of the molecule is C/C(N)=C(/C#N)C(=O)CSc1nnc(-c2ccc(C)cc2)n1-c1ccc(Cl)cc1. The van der Waals surface area contributed by atoms with Crippen LogP contribution in [-0.2, 0) is 4.79 Å². The molecule has 3 aromatic rings. The maximum absolute atomic E-state index is 12.3. The number of carbonyl (C=O) groups is 1. The highest BCUT2D eigenvalue weighted by molar-refractivity contribution is 7.99. The lowest BCUT2D eigenvalue weighted by atomic mass is 10.1. The third-order valence-corrected chi connectivity index (χ3v) is 5.33. The Labute approximate surface area is 178 Å². The van der Waals surface area contributed by atoms with Crippen LogP contribution in [-0.4, -0.2) is 26.3 Å². The highest BCUT2D eigenvalue weighted by Gasteiger charge is 2.19. The molecule has 0 spiro atoms. The van der Waals surface area contributed by atoms with E-state index in [1.807, 2.05) is 54.0 Å². The third kappa shape index (κ3) is 4.67. The summed E-state index contributed by atoms with van der Waals surface area (Å²) in [6, 6.07) is 17.1. The van der Waals surface area contributed by atoms with Crippen LogP contribution < -0.4 is 5.73 Å². The second kappa shape index (κ2) is 8.95. The van der Waals surface area contributed by atoms with Crippen molar-refractivity contribution < 1.29 is 4.79 Å². The van der Waals surface area contributed by atoms with Gasteiger partial charge in [-0.2, -0.15) is 5.26 Å². The number of halogens is 1. The van der Waals surface area contributed by atoms with E-state index >= 15 is 0 Å². The maximum atomic E-state index is 12.3. The molecule has 0 aliphatic rings. The molecule has 0 radical (unpaired) electrons. The summed E-state index contributed by atoms with van der Waals surface area (Å²) < 4.78 is 1.87. The van der Waals surface area contributed by atoms with Crippen LogP contribution in [0.15, 0.2) is 65.0 Å². The summed E-state index contributed by atoms with van der Waals surface area (Å²) in [5.41, 5.74) is 8.65. The largest absolute Gasteiger partial charge is 0.401 e. The first-order valence-electron chi connectivity index (χ1n) is 8.71. The van der Waals surface area contributed by atoms with Crippen molar-refractivity contribution in [1.29, 1.82) is 5.26 Å². The second-order valence-electron chi connectivity index (χ2n) is 6.37. The zero-order chi connectivity index (χ0) is 21.0. The van der Waals surface area contributed by atoms with Crippen molar-refractivity contribution in [3.8, 4) is 23.1 Å². The molecule has 0 atom stereocenters. The number of rotatable bonds is 6. The number of nitrogens with two attached hydrogens (primary N) is 1. The van der Waals surface area contributed by atoms with Gasteiger partial charge in [-0.25, -0.2) is 0 Å². The average molecular weight is 424 g/mol. The van der Waals surface area contributed by atoms with Gasteiger partial charge in [-0.3, -0.25) is 9.36 Å². The zero-order valence-electron chi connectivity index (χ0n) is 15.9. The number of aryl methyl sites for hydroxylation is 1. The summed E-state index contributed by atoms with van der Waals surface area (Å²) in [4.78, 5) is 12.3. The monoisotopic (exact) mass is 423 g/mol. The van der Waals surface area contributed by atoms with Gasteiger partial charge in [-0.1, -0.05) is 53.2 Å². The summed E-state index contributed by atoms with van der Waals surface area (Å²) in [6.45, 7) is 3.55. The number of aromatic nitrogens is 3. The van der Waals surface area contributed by atoms with Gasteiger partial charge in [0.25, 0.3) is 0 Å². The van der Waals surface area contributed by atoms with Crippen molar-refractivity contribution in [2.24, 2.45) is 5.73 Å². The number of allylic oxidation sites excluding steroid dienone is 2. The number of ketones is 1. The van der Waals surface area contributed by atoms with Gasteiger partial charge in [0, 0.05) is 22.0 Å². The molecular formula is C21H18ClN5OS. The third-order valence-electron chi connectivity index (χ3n) is 4.15. The molecule has 0 aliphatic heterocycles. The molecule has 6 nitrogen and oxygen atoms in total.